The first-order valence-corrected chi connectivity index (χ1v) is 4.38. The second kappa shape index (κ2) is 8.39. The molecule has 0 aliphatic carbocycles. The van der Waals surface area contributed by atoms with Crippen LogP contribution in [0, 0.1) is 5.92 Å². The molecule has 0 unspecified atom stereocenters. The van der Waals surface area contributed by atoms with Gasteiger partial charge in [0.25, 0.3) is 0 Å². The Kier molecular flexibility index (Phi) is 10.6. The van der Waals surface area contributed by atoms with Crippen LogP contribution in [0.25, 0.3) is 0 Å². The van der Waals surface area contributed by atoms with Crippen molar-refractivity contribution in [2.24, 2.45) is 0 Å². The van der Waals surface area contributed by atoms with E-state index in [1.165, 1.54) is 17.2 Å². The Labute approximate surface area is 138 Å². The van der Waals surface area contributed by atoms with E-state index in [1.807, 2.05) is 12.3 Å². The van der Waals surface area contributed by atoms with E-state index >= 15 is 0 Å². The molecule has 3 heteroatoms. The SMILES string of the molecule is C[C-](C)c1cccnc1C(C)C.[Y].[Y]. The molecular weight excluding hydrogens is 324 g/mol. The first-order valence-electron chi connectivity index (χ1n) is 4.38. The molecule has 72 valence electrons. The number of pyridine rings is 1. The average Bonchev–Trinajstić information content (AvgIpc) is 2.04. The zero-order chi connectivity index (χ0) is 9.14. The maximum Gasteiger partial charge on any atom is 0 e. The topological polar surface area (TPSA) is 12.9 Å². The van der Waals surface area contributed by atoms with Crippen LogP contribution in [0.15, 0.2) is 18.3 Å². The minimum absolute atomic E-state index is 0. The molecule has 0 saturated carbocycles. The molecule has 0 fully saturated rings. The molecule has 1 rings (SSSR count). The van der Waals surface area contributed by atoms with Gasteiger partial charge in [0, 0.05) is 65.4 Å². The normalized spacial score (nSPS) is 8.93. The van der Waals surface area contributed by atoms with E-state index in [4.69, 9.17) is 0 Å². The van der Waals surface area contributed by atoms with Crippen LogP contribution < -0.4 is 0 Å². The van der Waals surface area contributed by atoms with Crippen molar-refractivity contribution < 1.29 is 65.4 Å². The molecule has 0 atom stereocenters. The van der Waals surface area contributed by atoms with Crippen molar-refractivity contribution >= 4 is 0 Å². The van der Waals surface area contributed by atoms with Crippen LogP contribution in [0.1, 0.15) is 44.9 Å². The van der Waals surface area contributed by atoms with E-state index in [1.54, 1.807) is 0 Å². The van der Waals surface area contributed by atoms with Crippen molar-refractivity contribution in [1.29, 1.82) is 0 Å². The number of rotatable bonds is 2. The fourth-order valence-electron chi connectivity index (χ4n) is 1.30. The predicted octanol–water partition coefficient (Wildman–Crippen LogP) is 3.16. The monoisotopic (exact) mass is 340 g/mol. The van der Waals surface area contributed by atoms with Gasteiger partial charge in [-0.2, -0.15) is 17.5 Å². The summed E-state index contributed by atoms with van der Waals surface area (Å²) in [6, 6.07) is 4.13. The molecule has 2 radical (unpaired) electrons. The van der Waals surface area contributed by atoms with Gasteiger partial charge in [-0.05, 0) is 6.20 Å². The van der Waals surface area contributed by atoms with Gasteiger partial charge in [-0.1, -0.05) is 39.3 Å². The second-order valence-corrected chi connectivity index (χ2v) is 3.59. The summed E-state index contributed by atoms with van der Waals surface area (Å²) >= 11 is 0. The zero-order valence-electron chi connectivity index (χ0n) is 9.41. The third-order valence-electron chi connectivity index (χ3n) is 1.92. The summed E-state index contributed by atoms with van der Waals surface area (Å²) in [4.78, 5) is 4.38. The van der Waals surface area contributed by atoms with E-state index in [0.717, 1.165) is 0 Å². The molecule has 0 bridgehead atoms. The molecule has 0 N–H and O–H groups in total. The smallest absolute Gasteiger partial charge is 0 e. The maximum absolute atomic E-state index is 4.38. The average molecular weight is 340 g/mol. The third-order valence-corrected chi connectivity index (χ3v) is 1.92. The second-order valence-electron chi connectivity index (χ2n) is 3.59. The summed E-state index contributed by atoms with van der Waals surface area (Å²) in [5.41, 5.74) is 2.50. The van der Waals surface area contributed by atoms with Crippen LogP contribution in [0.4, 0.5) is 0 Å². The van der Waals surface area contributed by atoms with Crippen molar-refractivity contribution in [2.45, 2.75) is 33.6 Å². The molecule has 1 heterocycles. The summed E-state index contributed by atoms with van der Waals surface area (Å²) in [5, 5.41) is 0. The fraction of sp³-hybridized carbons (Fsp3) is 0.455. The van der Waals surface area contributed by atoms with E-state index in [2.05, 4.69) is 38.7 Å². The molecule has 1 aromatic rings. The molecule has 14 heavy (non-hydrogen) atoms. The van der Waals surface area contributed by atoms with Gasteiger partial charge < -0.3 is 4.98 Å². The minimum Gasteiger partial charge on any atom is -0.326 e. The Morgan fingerprint density at radius 2 is 1.79 bits per heavy atom. The molecule has 1 nitrogen and oxygen atoms in total. The van der Waals surface area contributed by atoms with Crippen LogP contribution in [-0.4, -0.2) is 4.98 Å². The van der Waals surface area contributed by atoms with Crippen molar-refractivity contribution in [3.8, 4) is 0 Å². The Balaban J connectivity index is 0. The minimum atomic E-state index is 0. The molecule has 0 saturated heterocycles. The van der Waals surface area contributed by atoms with Crippen molar-refractivity contribution in [3.05, 3.63) is 35.5 Å². The molecule has 0 spiro atoms. The molecule has 0 aliphatic heterocycles. The van der Waals surface area contributed by atoms with Gasteiger partial charge in [0.05, 0.1) is 0 Å². The van der Waals surface area contributed by atoms with Crippen LogP contribution in [0.5, 0.6) is 0 Å². The summed E-state index contributed by atoms with van der Waals surface area (Å²) in [6.07, 6.45) is 1.86. The zero-order valence-corrected chi connectivity index (χ0v) is 15.1. The molecule has 0 aliphatic rings. The fourth-order valence-corrected chi connectivity index (χ4v) is 1.30. The summed E-state index contributed by atoms with van der Waals surface area (Å²) in [5.74, 6) is 1.85. The van der Waals surface area contributed by atoms with Crippen LogP contribution >= 0.6 is 0 Å². The first-order chi connectivity index (χ1) is 5.63. The van der Waals surface area contributed by atoms with Gasteiger partial charge in [0.2, 0.25) is 0 Å². The summed E-state index contributed by atoms with van der Waals surface area (Å²) in [6.45, 7) is 8.61. The summed E-state index contributed by atoms with van der Waals surface area (Å²) < 4.78 is 0. The van der Waals surface area contributed by atoms with Crippen LogP contribution in [0.3, 0.4) is 0 Å². The van der Waals surface area contributed by atoms with Gasteiger partial charge in [0.15, 0.2) is 0 Å². The van der Waals surface area contributed by atoms with E-state index in [0.29, 0.717) is 5.92 Å². The number of aromatic nitrogens is 1. The standard InChI is InChI=1S/C11H16N.2Y/c1-8(2)10-6-5-7-12-11(10)9(3)4;;/h5-7,9H,1-4H3;;/q-1;;. The van der Waals surface area contributed by atoms with Crippen molar-refractivity contribution in [2.75, 3.05) is 0 Å². The van der Waals surface area contributed by atoms with Crippen LogP contribution in [0.2, 0.25) is 0 Å². The maximum atomic E-state index is 4.38. The number of hydrogen-bond donors (Lipinski definition) is 0. The largest absolute Gasteiger partial charge is 0.326 e. The van der Waals surface area contributed by atoms with E-state index in [-0.39, 0.29) is 65.4 Å². The van der Waals surface area contributed by atoms with Crippen LogP contribution in [-0.2, 0) is 65.4 Å². The van der Waals surface area contributed by atoms with Gasteiger partial charge in [-0.3, -0.25) is 0 Å². The van der Waals surface area contributed by atoms with Gasteiger partial charge in [-0.25, -0.2) is 0 Å². The van der Waals surface area contributed by atoms with Gasteiger partial charge in [-0.15, -0.1) is 6.07 Å². The van der Waals surface area contributed by atoms with E-state index in [9.17, 15) is 0 Å². The molecule has 0 amide bonds. The molecule has 0 aromatic carbocycles. The summed E-state index contributed by atoms with van der Waals surface area (Å²) in [7, 11) is 0. The first kappa shape index (κ1) is 17.6. The Hall–Kier alpha value is 1.23. The quantitative estimate of drug-likeness (QED) is 0.754. The third kappa shape index (κ3) is 4.83. The van der Waals surface area contributed by atoms with Gasteiger partial charge >= 0.3 is 0 Å². The number of nitrogens with zero attached hydrogens (tertiary/aromatic N) is 1. The van der Waals surface area contributed by atoms with E-state index < -0.39 is 0 Å². The molecule has 1 aromatic heterocycles. The van der Waals surface area contributed by atoms with Gasteiger partial charge in [0.1, 0.15) is 0 Å². The Morgan fingerprint density at radius 3 is 2.14 bits per heavy atom. The Bertz CT molecular complexity index is 232. The van der Waals surface area contributed by atoms with Crippen molar-refractivity contribution in [3.63, 3.8) is 0 Å². The number of hydrogen-bond acceptors (Lipinski definition) is 1. The molecular formula is C11H16NY2-. The Morgan fingerprint density at radius 1 is 1.21 bits per heavy atom. The predicted molar refractivity (Wildman–Crippen MR) is 52.0 cm³/mol. The van der Waals surface area contributed by atoms with Crippen molar-refractivity contribution in [1.82, 2.24) is 4.98 Å².